The molecule has 1 fully saturated rings. The molecule has 1 aliphatic carbocycles. The second kappa shape index (κ2) is 7.74. The summed E-state index contributed by atoms with van der Waals surface area (Å²) < 4.78 is 0. The van der Waals surface area contributed by atoms with Gasteiger partial charge >= 0.3 is 0 Å². The second-order valence-corrected chi connectivity index (χ2v) is 5.80. The van der Waals surface area contributed by atoms with Crippen molar-refractivity contribution < 1.29 is 9.90 Å². The summed E-state index contributed by atoms with van der Waals surface area (Å²) in [5, 5.41) is 13.2. The van der Waals surface area contributed by atoms with Crippen LogP contribution in [0.1, 0.15) is 58.3 Å². The molecule has 0 bridgehead atoms. The summed E-state index contributed by atoms with van der Waals surface area (Å²) in [6.45, 7) is 3.27. The fourth-order valence-electron chi connectivity index (χ4n) is 2.75. The van der Waals surface area contributed by atoms with Gasteiger partial charge in [0.1, 0.15) is 0 Å². The Morgan fingerprint density at radius 2 is 2.22 bits per heavy atom. The summed E-state index contributed by atoms with van der Waals surface area (Å²) in [6, 6.07) is 0. The smallest absolute Gasteiger partial charge is 0.220 e. The van der Waals surface area contributed by atoms with Crippen LogP contribution in [-0.4, -0.2) is 29.7 Å². The number of nitrogens with two attached hydrogens (primary N) is 1. The van der Waals surface area contributed by atoms with E-state index in [1.807, 2.05) is 0 Å². The summed E-state index contributed by atoms with van der Waals surface area (Å²) >= 11 is 0. The summed E-state index contributed by atoms with van der Waals surface area (Å²) in [5.41, 5.74) is 4.72. The minimum absolute atomic E-state index is 0.0543. The standard InChI is InChI=1S/C14H28N2O2/c1-12-6-5-8-14(18,10-12)11-16-13(17)7-3-2-4-9-15/h12,18H,2-11,15H2,1H3,(H,16,17). The van der Waals surface area contributed by atoms with Gasteiger partial charge in [-0.3, -0.25) is 4.79 Å². The third-order valence-corrected chi connectivity index (χ3v) is 3.79. The SMILES string of the molecule is CC1CCCC(O)(CNC(=O)CCCCCN)C1. The molecule has 0 aromatic rings. The molecule has 4 heteroatoms. The molecule has 4 nitrogen and oxygen atoms in total. The van der Waals surface area contributed by atoms with Crippen molar-refractivity contribution in [2.45, 2.75) is 63.9 Å². The first kappa shape index (κ1) is 15.4. The van der Waals surface area contributed by atoms with E-state index in [0.717, 1.165) is 38.5 Å². The molecule has 1 rings (SSSR count). The molecule has 0 spiro atoms. The average Bonchev–Trinajstić information content (AvgIpc) is 2.32. The lowest BCUT2D eigenvalue weighted by Crippen LogP contribution is -2.45. The molecule has 0 heterocycles. The van der Waals surface area contributed by atoms with Gasteiger partial charge in [0.15, 0.2) is 0 Å². The van der Waals surface area contributed by atoms with E-state index in [0.29, 0.717) is 25.4 Å². The van der Waals surface area contributed by atoms with Crippen molar-refractivity contribution in [3.05, 3.63) is 0 Å². The zero-order valence-corrected chi connectivity index (χ0v) is 11.6. The number of hydrogen-bond donors (Lipinski definition) is 3. The Labute approximate surface area is 110 Å². The highest BCUT2D eigenvalue weighted by Gasteiger charge is 2.32. The molecule has 1 saturated carbocycles. The molecule has 2 atom stereocenters. The van der Waals surface area contributed by atoms with Crippen LogP contribution in [0, 0.1) is 5.92 Å². The predicted octanol–water partition coefficient (Wildman–Crippen LogP) is 1.56. The summed E-state index contributed by atoms with van der Waals surface area (Å²) in [7, 11) is 0. The van der Waals surface area contributed by atoms with E-state index >= 15 is 0 Å². The molecule has 2 unspecified atom stereocenters. The van der Waals surface area contributed by atoms with E-state index in [-0.39, 0.29) is 5.91 Å². The van der Waals surface area contributed by atoms with Gasteiger partial charge in [0.05, 0.1) is 5.60 Å². The molecule has 4 N–H and O–H groups in total. The molecule has 0 aromatic heterocycles. The molecule has 0 radical (unpaired) electrons. The van der Waals surface area contributed by atoms with Gasteiger partial charge in [0.2, 0.25) is 5.91 Å². The van der Waals surface area contributed by atoms with Crippen molar-refractivity contribution in [1.82, 2.24) is 5.32 Å². The average molecular weight is 256 g/mol. The van der Waals surface area contributed by atoms with Gasteiger partial charge in [-0.2, -0.15) is 0 Å². The van der Waals surface area contributed by atoms with Crippen molar-refractivity contribution in [2.75, 3.05) is 13.1 Å². The topological polar surface area (TPSA) is 75.3 Å². The third kappa shape index (κ3) is 5.83. The Morgan fingerprint density at radius 3 is 2.89 bits per heavy atom. The highest BCUT2D eigenvalue weighted by Crippen LogP contribution is 2.31. The van der Waals surface area contributed by atoms with Crippen molar-refractivity contribution in [3.63, 3.8) is 0 Å². The third-order valence-electron chi connectivity index (χ3n) is 3.79. The Morgan fingerprint density at radius 1 is 1.44 bits per heavy atom. The van der Waals surface area contributed by atoms with Crippen LogP contribution in [0.5, 0.6) is 0 Å². The number of carbonyl (C=O) groups is 1. The number of nitrogens with one attached hydrogen (secondary N) is 1. The zero-order chi connectivity index (χ0) is 13.4. The van der Waals surface area contributed by atoms with E-state index in [4.69, 9.17) is 5.73 Å². The molecular formula is C14H28N2O2. The molecule has 0 aliphatic heterocycles. The van der Waals surface area contributed by atoms with Gasteiger partial charge in [0, 0.05) is 13.0 Å². The molecule has 18 heavy (non-hydrogen) atoms. The van der Waals surface area contributed by atoms with Crippen molar-refractivity contribution in [1.29, 1.82) is 0 Å². The number of amides is 1. The maximum atomic E-state index is 11.6. The first-order chi connectivity index (χ1) is 8.56. The fraction of sp³-hybridized carbons (Fsp3) is 0.929. The quantitative estimate of drug-likeness (QED) is 0.605. The maximum absolute atomic E-state index is 11.6. The fourth-order valence-corrected chi connectivity index (χ4v) is 2.75. The summed E-state index contributed by atoms with van der Waals surface area (Å²) in [4.78, 5) is 11.6. The van der Waals surface area contributed by atoms with E-state index < -0.39 is 5.60 Å². The van der Waals surface area contributed by atoms with Crippen LogP contribution in [0.15, 0.2) is 0 Å². The van der Waals surface area contributed by atoms with Crippen LogP contribution in [0.25, 0.3) is 0 Å². The lowest BCUT2D eigenvalue weighted by atomic mass is 9.79. The normalized spacial score (nSPS) is 28.1. The number of hydrogen-bond acceptors (Lipinski definition) is 3. The van der Waals surface area contributed by atoms with E-state index in [1.165, 1.54) is 6.42 Å². The van der Waals surface area contributed by atoms with Crippen LogP contribution < -0.4 is 11.1 Å². The van der Waals surface area contributed by atoms with Crippen molar-refractivity contribution in [2.24, 2.45) is 11.7 Å². The maximum Gasteiger partial charge on any atom is 0.220 e. The van der Waals surface area contributed by atoms with Crippen LogP contribution >= 0.6 is 0 Å². The van der Waals surface area contributed by atoms with Crippen LogP contribution in [0.3, 0.4) is 0 Å². The molecule has 1 aliphatic rings. The van der Waals surface area contributed by atoms with Crippen LogP contribution in [0.2, 0.25) is 0 Å². The molecular weight excluding hydrogens is 228 g/mol. The minimum Gasteiger partial charge on any atom is -0.388 e. The van der Waals surface area contributed by atoms with Gasteiger partial charge in [-0.25, -0.2) is 0 Å². The molecule has 0 saturated heterocycles. The van der Waals surface area contributed by atoms with Gasteiger partial charge < -0.3 is 16.2 Å². The highest BCUT2D eigenvalue weighted by molar-refractivity contribution is 5.75. The lowest BCUT2D eigenvalue weighted by Gasteiger charge is -2.35. The van der Waals surface area contributed by atoms with Crippen molar-refractivity contribution >= 4 is 5.91 Å². The first-order valence-electron chi connectivity index (χ1n) is 7.25. The van der Waals surface area contributed by atoms with Crippen molar-refractivity contribution in [3.8, 4) is 0 Å². The molecule has 0 aromatic carbocycles. The molecule has 106 valence electrons. The summed E-state index contributed by atoms with van der Waals surface area (Å²) in [6.07, 6.45) is 7.29. The van der Waals surface area contributed by atoms with E-state index in [9.17, 15) is 9.90 Å². The first-order valence-corrected chi connectivity index (χ1v) is 7.25. The van der Waals surface area contributed by atoms with Gasteiger partial charge in [-0.05, 0) is 38.1 Å². The van der Waals surface area contributed by atoms with E-state index in [1.54, 1.807) is 0 Å². The molecule has 1 amide bonds. The lowest BCUT2D eigenvalue weighted by molar-refractivity contribution is -0.123. The monoisotopic (exact) mass is 256 g/mol. The number of carbonyl (C=O) groups excluding carboxylic acids is 1. The summed E-state index contributed by atoms with van der Waals surface area (Å²) in [5.74, 6) is 0.615. The zero-order valence-electron chi connectivity index (χ0n) is 11.6. The van der Waals surface area contributed by atoms with Crippen LogP contribution in [-0.2, 0) is 4.79 Å². The Kier molecular flexibility index (Phi) is 6.65. The second-order valence-electron chi connectivity index (χ2n) is 5.80. The van der Waals surface area contributed by atoms with Gasteiger partial charge in [-0.15, -0.1) is 0 Å². The Hall–Kier alpha value is -0.610. The Balaban J connectivity index is 2.16. The number of unbranched alkanes of at least 4 members (excludes halogenated alkanes) is 2. The highest BCUT2D eigenvalue weighted by atomic mass is 16.3. The minimum atomic E-state index is -0.676. The van der Waals surface area contributed by atoms with Gasteiger partial charge in [0.25, 0.3) is 0 Å². The van der Waals surface area contributed by atoms with E-state index in [2.05, 4.69) is 12.2 Å². The number of aliphatic hydroxyl groups is 1. The number of rotatable bonds is 7. The van der Waals surface area contributed by atoms with Gasteiger partial charge in [-0.1, -0.05) is 26.2 Å². The largest absolute Gasteiger partial charge is 0.388 e. The van der Waals surface area contributed by atoms with Crippen LogP contribution in [0.4, 0.5) is 0 Å². The predicted molar refractivity (Wildman–Crippen MR) is 73.1 cm³/mol. The Bertz CT molecular complexity index is 258.